The average Bonchev–Trinajstić information content (AvgIpc) is 2.78. The summed E-state index contributed by atoms with van der Waals surface area (Å²) in [7, 11) is 3.09. The zero-order chi connectivity index (χ0) is 22.2. The van der Waals surface area contributed by atoms with Crippen LogP contribution < -0.4 is 19.5 Å². The van der Waals surface area contributed by atoms with Crippen molar-refractivity contribution in [3.63, 3.8) is 0 Å². The van der Waals surface area contributed by atoms with Crippen LogP contribution in [0.15, 0.2) is 72.8 Å². The highest BCUT2D eigenvalue weighted by atomic mass is 19.3. The van der Waals surface area contributed by atoms with Crippen molar-refractivity contribution in [2.45, 2.75) is 19.1 Å². The number of alkyl halides is 2. The van der Waals surface area contributed by atoms with Gasteiger partial charge in [0.25, 0.3) is 0 Å². The first-order valence-electron chi connectivity index (χ1n) is 9.60. The molecule has 0 spiro atoms. The highest BCUT2D eigenvalue weighted by molar-refractivity contribution is 5.80. The molecule has 7 heteroatoms. The lowest BCUT2D eigenvalue weighted by atomic mass is 9.98. The Morgan fingerprint density at radius 1 is 0.871 bits per heavy atom. The van der Waals surface area contributed by atoms with E-state index >= 15 is 0 Å². The molecule has 0 saturated heterocycles. The monoisotopic (exact) mass is 427 g/mol. The summed E-state index contributed by atoms with van der Waals surface area (Å²) in [5.41, 5.74) is 2.32. The van der Waals surface area contributed by atoms with Gasteiger partial charge in [-0.3, -0.25) is 4.79 Å². The molecular weight excluding hydrogens is 404 g/mol. The maximum atomic E-state index is 12.9. The van der Waals surface area contributed by atoms with Crippen LogP contribution in [0.2, 0.25) is 0 Å². The maximum Gasteiger partial charge on any atom is 0.387 e. The quantitative estimate of drug-likeness (QED) is 0.535. The smallest absolute Gasteiger partial charge is 0.387 e. The van der Waals surface area contributed by atoms with Gasteiger partial charge in [-0.15, -0.1) is 0 Å². The van der Waals surface area contributed by atoms with Crippen LogP contribution in [0.1, 0.15) is 22.7 Å². The molecule has 3 aromatic rings. The normalized spacial score (nSPS) is 11.6. The van der Waals surface area contributed by atoms with Crippen LogP contribution in [-0.2, 0) is 11.2 Å². The minimum Gasteiger partial charge on any atom is -0.497 e. The summed E-state index contributed by atoms with van der Waals surface area (Å²) >= 11 is 0. The second-order valence-corrected chi connectivity index (χ2v) is 6.71. The molecule has 0 aliphatic rings. The lowest BCUT2D eigenvalue weighted by Crippen LogP contribution is -2.30. The summed E-state index contributed by atoms with van der Waals surface area (Å²) < 4.78 is 39.9. The van der Waals surface area contributed by atoms with Gasteiger partial charge in [0.1, 0.15) is 17.2 Å². The molecule has 162 valence electrons. The van der Waals surface area contributed by atoms with Gasteiger partial charge in [0.05, 0.1) is 26.7 Å². The molecule has 0 aliphatic heterocycles. The van der Waals surface area contributed by atoms with Crippen molar-refractivity contribution in [2.24, 2.45) is 0 Å². The zero-order valence-electron chi connectivity index (χ0n) is 17.2. The van der Waals surface area contributed by atoms with Gasteiger partial charge in [-0.1, -0.05) is 48.5 Å². The summed E-state index contributed by atoms with van der Waals surface area (Å²) in [5, 5.41) is 3.02. The molecule has 1 N–H and O–H groups in total. The van der Waals surface area contributed by atoms with Crippen LogP contribution in [0, 0.1) is 0 Å². The summed E-state index contributed by atoms with van der Waals surface area (Å²) in [4.78, 5) is 12.9. The molecule has 1 unspecified atom stereocenters. The van der Waals surface area contributed by atoms with Gasteiger partial charge in [0.15, 0.2) is 0 Å². The van der Waals surface area contributed by atoms with Crippen molar-refractivity contribution in [3.8, 4) is 17.2 Å². The number of benzene rings is 3. The van der Waals surface area contributed by atoms with Gasteiger partial charge in [-0.2, -0.15) is 8.78 Å². The third-order valence-electron chi connectivity index (χ3n) is 4.72. The zero-order valence-corrected chi connectivity index (χ0v) is 17.2. The Morgan fingerprint density at radius 2 is 1.52 bits per heavy atom. The van der Waals surface area contributed by atoms with Crippen LogP contribution in [0.4, 0.5) is 8.78 Å². The molecule has 3 aromatic carbocycles. The topological polar surface area (TPSA) is 56.8 Å². The van der Waals surface area contributed by atoms with Gasteiger partial charge in [-0.05, 0) is 29.3 Å². The molecule has 0 fully saturated rings. The predicted molar refractivity (Wildman–Crippen MR) is 113 cm³/mol. The number of methoxy groups -OCH3 is 2. The standard InChI is InChI=1S/C24H23F2NO4/c1-29-20-13-10-18(21(15-20)30-2)14-22(28)27-23(16-6-4-3-5-7-16)17-8-11-19(12-9-17)31-24(25)26/h3-13,15,23-24H,14H2,1-2H3,(H,27,28). The van der Waals surface area contributed by atoms with E-state index in [0.29, 0.717) is 17.1 Å². The number of hydrogen-bond donors (Lipinski definition) is 1. The Balaban J connectivity index is 1.82. The molecule has 3 rings (SSSR count). The van der Waals surface area contributed by atoms with Gasteiger partial charge in [0.2, 0.25) is 5.91 Å². The van der Waals surface area contributed by atoms with Gasteiger partial charge < -0.3 is 19.5 Å². The Kier molecular flexibility index (Phi) is 7.43. The third-order valence-corrected chi connectivity index (χ3v) is 4.72. The number of nitrogens with one attached hydrogen (secondary N) is 1. The summed E-state index contributed by atoms with van der Waals surface area (Å²) in [5.74, 6) is 1.03. The van der Waals surface area contributed by atoms with Crippen molar-refractivity contribution < 1.29 is 27.8 Å². The number of amides is 1. The maximum absolute atomic E-state index is 12.9. The summed E-state index contributed by atoms with van der Waals surface area (Å²) in [6.45, 7) is -2.89. The van der Waals surface area contributed by atoms with Gasteiger partial charge >= 0.3 is 6.61 Å². The molecule has 0 aromatic heterocycles. The number of ether oxygens (including phenoxy) is 3. The lowest BCUT2D eigenvalue weighted by molar-refractivity contribution is -0.121. The van der Waals surface area contributed by atoms with Crippen molar-refractivity contribution in [1.29, 1.82) is 0 Å². The van der Waals surface area contributed by atoms with E-state index in [4.69, 9.17) is 9.47 Å². The van der Waals surface area contributed by atoms with Crippen molar-refractivity contribution in [3.05, 3.63) is 89.5 Å². The van der Waals surface area contributed by atoms with E-state index in [9.17, 15) is 13.6 Å². The predicted octanol–water partition coefficient (Wildman–Crippen LogP) is 4.75. The number of carbonyl (C=O) groups is 1. The second-order valence-electron chi connectivity index (χ2n) is 6.71. The van der Waals surface area contributed by atoms with Gasteiger partial charge in [0, 0.05) is 11.6 Å². The Morgan fingerprint density at radius 3 is 2.13 bits per heavy atom. The minimum atomic E-state index is -2.89. The molecule has 31 heavy (non-hydrogen) atoms. The number of halogens is 2. The third kappa shape index (κ3) is 5.94. The van der Waals surface area contributed by atoms with E-state index in [1.54, 1.807) is 37.4 Å². The SMILES string of the molecule is COc1ccc(CC(=O)NC(c2ccccc2)c2ccc(OC(F)F)cc2)c(OC)c1. The minimum absolute atomic E-state index is 0.0554. The van der Waals surface area contributed by atoms with Crippen molar-refractivity contribution in [1.82, 2.24) is 5.32 Å². The van der Waals surface area contributed by atoms with E-state index in [1.165, 1.54) is 19.2 Å². The average molecular weight is 427 g/mol. The second kappa shape index (κ2) is 10.4. The fourth-order valence-corrected chi connectivity index (χ4v) is 3.23. The summed E-state index contributed by atoms with van der Waals surface area (Å²) in [6, 6.07) is 20.4. The molecule has 1 amide bonds. The van der Waals surface area contributed by atoms with Crippen LogP contribution in [-0.4, -0.2) is 26.7 Å². The Labute approximate surface area is 179 Å². The largest absolute Gasteiger partial charge is 0.497 e. The van der Waals surface area contributed by atoms with Crippen LogP contribution in [0.5, 0.6) is 17.2 Å². The van der Waals surface area contributed by atoms with Crippen LogP contribution in [0.25, 0.3) is 0 Å². The molecule has 0 radical (unpaired) electrons. The van der Waals surface area contributed by atoms with E-state index in [0.717, 1.165) is 11.1 Å². The fraction of sp³-hybridized carbons (Fsp3) is 0.208. The van der Waals surface area contributed by atoms with Crippen molar-refractivity contribution in [2.75, 3.05) is 14.2 Å². The molecule has 0 heterocycles. The number of rotatable bonds is 9. The first-order chi connectivity index (χ1) is 15.0. The Hall–Kier alpha value is -3.61. The number of carbonyl (C=O) groups excluding carboxylic acids is 1. The first kappa shape index (κ1) is 22.1. The first-order valence-corrected chi connectivity index (χ1v) is 9.60. The lowest BCUT2D eigenvalue weighted by Gasteiger charge is -2.21. The van der Waals surface area contributed by atoms with E-state index in [2.05, 4.69) is 10.1 Å². The molecule has 0 saturated carbocycles. The molecular formula is C24H23F2NO4. The molecule has 0 bridgehead atoms. The highest BCUT2D eigenvalue weighted by Crippen LogP contribution is 2.27. The molecule has 5 nitrogen and oxygen atoms in total. The van der Waals surface area contributed by atoms with E-state index < -0.39 is 12.7 Å². The van der Waals surface area contributed by atoms with Crippen molar-refractivity contribution >= 4 is 5.91 Å². The van der Waals surface area contributed by atoms with Crippen LogP contribution in [0.3, 0.4) is 0 Å². The fourth-order valence-electron chi connectivity index (χ4n) is 3.23. The van der Waals surface area contributed by atoms with Crippen LogP contribution >= 0.6 is 0 Å². The summed E-state index contributed by atoms with van der Waals surface area (Å²) in [6.07, 6.45) is 0.100. The van der Waals surface area contributed by atoms with E-state index in [-0.39, 0.29) is 18.1 Å². The number of hydrogen-bond acceptors (Lipinski definition) is 4. The van der Waals surface area contributed by atoms with Gasteiger partial charge in [-0.25, -0.2) is 0 Å². The molecule has 0 aliphatic carbocycles. The molecule has 1 atom stereocenters. The highest BCUT2D eigenvalue weighted by Gasteiger charge is 2.19. The Bertz CT molecular complexity index is 994. The van der Waals surface area contributed by atoms with E-state index in [1.807, 2.05) is 30.3 Å².